The molecule has 0 amide bonds. The van der Waals surface area contributed by atoms with E-state index in [0.29, 0.717) is 11.0 Å². The van der Waals surface area contributed by atoms with Gasteiger partial charge in [0.05, 0.1) is 21.8 Å². The van der Waals surface area contributed by atoms with Crippen LogP contribution in [0.1, 0.15) is 11.3 Å². The van der Waals surface area contributed by atoms with E-state index in [1.165, 1.54) is 6.20 Å². The topological polar surface area (TPSA) is 45.9 Å². The Morgan fingerprint density at radius 1 is 1.53 bits per heavy atom. The zero-order chi connectivity index (χ0) is 13.1. The Morgan fingerprint density at radius 3 is 2.65 bits per heavy atom. The minimum atomic E-state index is -4.78. The van der Waals surface area contributed by atoms with Crippen LogP contribution in [0.4, 0.5) is 13.2 Å². The van der Waals surface area contributed by atoms with Gasteiger partial charge in [-0.25, -0.2) is 0 Å². The normalized spacial score (nSPS) is 11.1. The third-order valence-electron chi connectivity index (χ3n) is 1.73. The van der Waals surface area contributed by atoms with E-state index in [0.717, 1.165) is 0 Å². The lowest BCUT2D eigenvalue weighted by atomic mass is 10.2. The maximum absolute atomic E-state index is 12.2. The number of hydrogen-bond acceptors (Lipinski definition) is 3. The van der Waals surface area contributed by atoms with Crippen molar-refractivity contribution in [1.29, 1.82) is 5.26 Å². The van der Waals surface area contributed by atoms with Gasteiger partial charge in [-0.05, 0) is 22.6 Å². The molecule has 0 unspecified atom stereocenters. The van der Waals surface area contributed by atoms with Gasteiger partial charge in [-0.15, -0.1) is 13.2 Å². The van der Waals surface area contributed by atoms with E-state index >= 15 is 0 Å². The van der Waals surface area contributed by atoms with Crippen molar-refractivity contribution in [3.05, 3.63) is 21.0 Å². The zero-order valence-corrected chi connectivity index (χ0v) is 11.9. The SMILES string of the molecule is N#CCc1cnc(CBr)c(I)c1OC(F)(F)F. The van der Waals surface area contributed by atoms with Crippen LogP contribution >= 0.6 is 38.5 Å². The van der Waals surface area contributed by atoms with Gasteiger partial charge in [0.1, 0.15) is 5.75 Å². The maximum Gasteiger partial charge on any atom is 0.573 e. The van der Waals surface area contributed by atoms with Crippen molar-refractivity contribution in [3.63, 3.8) is 0 Å². The van der Waals surface area contributed by atoms with Gasteiger partial charge in [0.15, 0.2) is 0 Å². The van der Waals surface area contributed by atoms with E-state index in [1.54, 1.807) is 28.7 Å². The van der Waals surface area contributed by atoms with Crippen LogP contribution in [-0.4, -0.2) is 11.3 Å². The lowest BCUT2D eigenvalue weighted by Gasteiger charge is -2.14. The van der Waals surface area contributed by atoms with Crippen LogP contribution in [0.15, 0.2) is 6.20 Å². The van der Waals surface area contributed by atoms with Crippen molar-refractivity contribution < 1.29 is 17.9 Å². The molecule has 0 spiro atoms. The highest BCUT2D eigenvalue weighted by Crippen LogP contribution is 2.33. The second-order valence-corrected chi connectivity index (χ2v) is 4.53. The van der Waals surface area contributed by atoms with Crippen molar-refractivity contribution in [2.24, 2.45) is 0 Å². The van der Waals surface area contributed by atoms with E-state index < -0.39 is 6.36 Å². The summed E-state index contributed by atoms with van der Waals surface area (Å²) in [5.74, 6) is -0.343. The van der Waals surface area contributed by atoms with Crippen LogP contribution in [0.2, 0.25) is 0 Å². The molecule has 1 aromatic rings. The molecule has 0 aliphatic rings. The summed E-state index contributed by atoms with van der Waals surface area (Å²) < 4.78 is 40.9. The molecule has 1 aromatic heterocycles. The Labute approximate surface area is 117 Å². The van der Waals surface area contributed by atoms with Gasteiger partial charge < -0.3 is 4.74 Å². The lowest BCUT2D eigenvalue weighted by molar-refractivity contribution is -0.275. The molecule has 17 heavy (non-hydrogen) atoms. The van der Waals surface area contributed by atoms with Crippen LogP contribution in [-0.2, 0) is 11.8 Å². The van der Waals surface area contributed by atoms with Gasteiger partial charge in [-0.1, -0.05) is 15.9 Å². The Hall–Kier alpha value is -0.560. The fraction of sp³-hybridized carbons (Fsp3) is 0.333. The second-order valence-electron chi connectivity index (χ2n) is 2.89. The predicted octanol–water partition coefficient (Wildman–Crippen LogP) is 3.55. The standard InChI is InChI=1S/C9H5BrF3IN2O/c10-3-6-7(14)8(17-9(11,12)13)5(1-2-15)4-16-6/h4H,1,3H2. The Balaban J connectivity index is 3.25. The molecule has 1 heterocycles. The number of nitriles is 1. The maximum atomic E-state index is 12.2. The average molecular weight is 421 g/mol. The molecular formula is C9H5BrF3IN2O. The molecular weight excluding hydrogens is 416 g/mol. The smallest absolute Gasteiger partial charge is 0.404 e. The van der Waals surface area contributed by atoms with Crippen LogP contribution < -0.4 is 4.74 Å². The van der Waals surface area contributed by atoms with Gasteiger partial charge in [0.25, 0.3) is 0 Å². The summed E-state index contributed by atoms with van der Waals surface area (Å²) in [7, 11) is 0. The molecule has 0 radical (unpaired) electrons. The van der Waals surface area contributed by atoms with Crippen molar-refractivity contribution in [3.8, 4) is 11.8 Å². The van der Waals surface area contributed by atoms with E-state index in [-0.39, 0.29) is 21.3 Å². The van der Waals surface area contributed by atoms with Crippen molar-refractivity contribution in [2.45, 2.75) is 18.1 Å². The fourth-order valence-corrected chi connectivity index (χ4v) is 2.81. The monoisotopic (exact) mass is 420 g/mol. The van der Waals surface area contributed by atoms with Gasteiger partial charge in [-0.3, -0.25) is 4.98 Å². The average Bonchev–Trinajstić information content (AvgIpc) is 2.22. The van der Waals surface area contributed by atoms with Gasteiger partial charge in [0.2, 0.25) is 0 Å². The molecule has 0 atom stereocenters. The number of pyridine rings is 1. The van der Waals surface area contributed by atoms with Crippen LogP contribution in [0.25, 0.3) is 0 Å². The molecule has 92 valence electrons. The second kappa shape index (κ2) is 5.86. The number of alkyl halides is 4. The quantitative estimate of drug-likeness (QED) is 0.555. The lowest BCUT2D eigenvalue weighted by Crippen LogP contribution is -2.19. The number of ether oxygens (including phenoxy) is 1. The first-order valence-corrected chi connectivity index (χ1v) is 6.44. The molecule has 0 N–H and O–H groups in total. The Bertz CT molecular complexity index is 459. The van der Waals surface area contributed by atoms with Crippen molar-refractivity contribution >= 4 is 38.5 Å². The molecule has 0 aliphatic carbocycles. The molecule has 8 heteroatoms. The van der Waals surface area contributed by atoms with E-state index in [4.69, 9.17) is 5.26 Å². The summed E-state index contributed by atoms with van der Waals surface area (Å²) in [5, 5.41) is 8.85. The molecule has 0 fully saturated rings. The molecule has 0 saturated heterocycles. The third-order valence-corrected chi connectivity index (χ3v) is 3.38. The molecule has 0 aromatic carbocycles. The van der Waals surface area contributed by atoms with Crippen molar-refractivity contribution in [2.75, 3.05) is 0 Å². The summed E-state index contributed by atoms with van der Waals surface area (Å²) in [6.45, 7) is 0. The highest BCUT2D eigenvalue weighted by Gasteiger charge is 2.33. The molecule has 1 rings (SSSR count). The van der Waals surface area contributed by atoms with Crippen molar-refractivity contribution in [1.82, 2.24) is 4.98 Å². The third kappa shape index (κ3) is 3.99. The molecule has 0 bridgehead atoms. The number of rotatable bonds is 3. The summed E-state index contributed by atoms with van der Waals surface area (Å²) in [4.78, 5) is 3.95. The highest BCUT2D eigenvalue weighted by atomic mass is 127. The zero-order valence-electron chi connectivity index (χ0n) is 8.18. The number of hydrogen-bond donors (Lipinski definition) is 0. The fourth-order valence-electron chi connectivity index (χ4n) is 1.07. The Morgan fingerprint density at radius 2 is 2.18 bits per heavy atom. The van der Waals surface area contributed by atoms with Crippen LogP contribution in [0, 0.1) is 14.9 Å². The molecule has 0 aliphatic heterocycles. The summed E-state index contributed by atoms with van der Waals surface area (Å²) in [6, 6.07) is 1.77. The van der Waals surface area contributed by atoms with Gasteiger partial charge >= 0.3 is 6.36 Å². The first kappa shape index (κ1) is 14.5. The Kier molecular flexibility index (Phi) is 5.00. The largest absolute Gasteiger partial charge is 0.573 e. The number of halogens is 5. The minimum absolute atomic E-state index is 0.124. The summed E-state index contributed by atoms with van der Waals surface area (Å²) >= 11 is 4.84. The van der Waals surface area contributed by atoms with Gasteiger partial charge in [0, 0.05) is 17.1 Å². The first-order valence-electron chi connectivity index (χ1n) is 4.24. The minimum Gasteiger partial charge on any atom is -0.404 e. The van der Waals surface area contributed by atoms with Gasteiger partial charge in [-0.2, -0.15) is 5.26 Å². The first-order chi connectivity index (χ1) is 7.89. The predicted molar refractivity (Wildman–Crippen MR) is 65.6 cm³/mol. The number of aromatic nitrogens is 1. The van der Waals surface area contributed by atoms with E-state index in [2.05, 4.69) is 25.7 Å². The van der Waals surface area contributed by atoms with Crippen LogP contribution in [0.3, 0.4) is 0 Å². The van der Waals surface area contributed by atoms with Crippen LogP contribution in [0.5, 0.6) is 5.75 Å². The van der Waals surface area contributed by atoms with E-state index in [9.17, 15) is 13.2 Å². The molecule has 0 saturated carbocycles. The van der Waals surface area contributed by atoms with E-state index in [1.807, 2.05) is 0 Å². The summed E-state index contributed by atoms with van der Waals surface area (Å²) in [5.41, 5.74) is 0.561. The molecule has 3 nitrogen and oxygen atoms in total. The number of nitrogens with zero attached hydrogens (tertiary/aromatic N) is 2. The highest BCUT2D eigenvalue weighted by molar-refractivity contribution is 14.1. The summed E-state index contributed by atoms with van der Waals surface area (Å²) in [6.07, 6.45) is -3.74.